The highest BCUT2D eigenvalue weighted by atomic mass is 32.2. The van der Waals surface area contributed by atoms with Gasteiger partial charge in [-0.15, -0.1) is 11.3 Å². The molecule has 0 fully saturated rings. The summed E-state index contributed by atoms with van der Waals surface area (Å²) in [6.07, 6.45) is 1.42. The topological polar surface area (TPSA) is 81.2 Å². The number of aryl methyl sites for hydroxylation is 2. The van der Waals surface area contributed by atoms with E-state index in [1.807, 2.05) is 26.0 Å². The molecule has 1 atom stereocenters. The Labute approximate surface area is 122 Å². The van der Waals surface area contributed by atoms with E-state index in [9.17, 15) is 8.42 Å². The summed E-state index contributed by atoms with van der Waals surface area (Å²) in [5.74, 6) is 0.0221. The van der Waals surface area contributed by atoms with Crippen LogP contribution in [0.3, 0.4) is 0 Å². The van der Waals surface area contributed by atoms with E-state index in [0.717, 1.165) is 9.75 Å². The molecule has 20 heavy (non-hydrogen) atoms. The largest absolute Gasteiger partial charge is 0.381 e. The lowest BCUT2D eigenvalue weighted by Crippen LogP contribution is -2.29. The minimum absolute atomic E-state index is 0.0221. The van der Waals surface area contributed by atoms with Gasteiger partial charge >= 0.3 is 0 Å². The molecule has 1 unspecified atom stereocenters. The number of hydrogen-bond acceptors (Lipinski definition) is 5. The Hall–Kier alpha value is -1.38. The second kappa shape index (κ2) is 5.19. The Morgan fingerprint density at radius 2 is 2.10 bits per heavy atom. The van der Waals surface area contributed by atoms with Crippen LogP contribution in [0.15, 0.2) is 23.2 Å². The number of rotatable bonds is 4. The molecular weight excluding hydrogens is 296 g/mol. The van der Waals surface area contributed by atoms with E-state index < -0.39 is 10.0 Å². The summed E-state index contributed by atoms with van der Waals surface area (Å²) in [7, 11) is -0.458. The smallest absolute Gasteiger partial charge is 0.248 e. The molecule has 8 heteroatoms. The minimum atomic E-state index is -3.66. The number of nitrogens with two attached hydrogens (primary N) is 1. The zero-order chi connectivity index (χ0) is 15.1. The van der Waals surface area contributed by atoms with Crippen molar-refractivity contribution in [3.8, 4) is 0 Å². The van der Waals surface area contributed by atoms with Gasteiger partial charge in [-0.25, -0.2) is 8.42 Å². The molecule has 0 saturated carbocycles. The fourth-order valence-electron chi connectivity index (χ4n) is 1.90. The number of thiophene rings is 1. The van der Waals surface area contributed by atoms with Gasteiger partial charge in [0.25, 0.3) is 0 Å². The summed E-state index contributed by atoms with van der Waals surface area (Å²) in [6, 6.07) is 3.68. The van der Waals surface area contributed by atoms with Crippen molar-refractivity contribution in [1.29, 1.82) is 0 Å². The molecule has 0 aliphatic heterocycles. The van der Waals surface area contributed by atoms with Crippen LogP contribution in [-0.2, 0) is 17.1 Å². The first-order valence-electron chi connectivity index (χ1n) is 6.07. The van der Waals surface area contributed by atoms with Gasteiger partial charge in [-0.05, 0) is 26.0 Å². The Morgan fingerprint density at radius 1 is 1.45 bits per heavy atom. The van der Waals surface area contributed by atoms with E-state index in [0.29, 0.717) is 0 Å². The maximum Gasteiger partial charge on any atom is 0.248 e. The normalized spacial score (nSPS) is 13.8. The number of nitrogens with zero attached hydrogens (tertiary/aromatic N) is 3. The number of nitrogen functional groups attached to an aromatic ring is 1. The predicted molar refractivity (Wildman–Crippen MR) is 80.0 cm³/mol. The van der Waals surface area contributed by atoms with Crippen LogP contribution in [0.5, 0.6) is 0 Å². The van der Waals surface area contributed by atoms with Gasteiger partial charge in [0.15, 0.2) is 5.82 Å². The van der Waals surface area contributed by atoms with Gasteiger partial charge < -0.3 is 5.73 Å². The number of sulfonamides is 1. The second-order valence-corrected chi connectivity index (χ2v) is 7.98. The zero-order valence-corrected chi connectivity index (χ0v) is 13.5. The molecule has 2 aromatic heterocycles. The van der Waals surface area contributed by atoms with Crippen LogP contribution in [0.25, 0.3) is 0 Å². The van der Waals surface area contributed by atoms with E-state index in [1.165, 1.54) is 15.2 Å². The Bertz CT molecular complexity index is 718. The van der Waals surface area contributed by atoms with E-state index >= 15 is 0 Å². The summed E-state index contributed by atoms with van der Waals surface area (Å²) in [5.41, 5.74) is 5.67. The highest BCUT2D eigenvalue weighted by Crippen LogP contribution is 2.31. The lowest BCUT2D eigenvalue weighted by Gasteiger charge is -2.22. The standard InChI is InChI=1S/C12H18N4O2S2/c1-8-5-6-10(19-8)9(2)16(4)20(17,18)11-7-15(3)14-12(11)13/h5-7,9H,1-4H3,(H2,13,14). The molecule has 0 bridgehead atoms. The molecule has 6 nitrogen and oxygen atoms in total. The van der Waals surface area contributed by atoms with Gasteiger partial charge in [-0.1, -0.05) is 0 Å². The quantitative estimate of drug-likeness (QED) is 0.932. The molecule has 0 radical (unpaired) electrons. The molecule has 2 aromatic rings. The van der Waals surface area contributed by atoms with Crippen molar-refractivity contribution in [2.24, 2.45) is 7.05 Å². The highest BCUT2D eigenvalue weighted by molar-refractivity contribution is 7.89. The molecule has 0 aromatic carbocycles. The lowest BCUT2D eigenvalue weighted by atomic mass is 10.3. The van der Waals surface area contributed by atoms with Gasteiger partial charge in [-0.3, -0.25) is 4.68 Å². The van der Waals surface area contributed by atoms with Gasteiger partial charge in [0.05, 0.1) is 6.04 Å². The maximum absolute atomic E-state index is 12.6. The van der Waals surface area contributed by atoms with Crippen LogP contribution in [0.2, 0.25) is 0 Å². The molecule has 110 valence electrons. The minimum Gasteiger partial charge on any atom is -0.381 e. The van der Waals surface area contributed by atoms with Crippen molar-refractivity contribution >= 4 is 27.2 Å². The van der Waals surface area contributed by atoms with Gasteiger partial charge in [0.2, 0.25) is 10.0 Å². The van der Waals surface area contributed by atoms with E-state index in [-0.39, 0.29) is 16.8 Å². The Balaban J connectivity index is 2.36. The van der Waals surface area contributed by atoms with Crippen LogP contribution in [0.1, 0.15) is 22.7 Å². The molecule has 2 heterocycles. The molecule has 2 N–H and O–H groups in total. The predicted octanol–water partition coefficient (Wildman–Crippen LogP) is 1.75. The van der Waals surface area contributed by atoms with E-state index in [2.05, 4.69) is 5.10 Å². The molecule has 0 aliphatic carbocycles. The summed E-state index contributed by atoms with van der Waals surface area (Å²) < 4.78 is 27.9. The van der Waals surface area contributed by atoms with Gasteiger partial charge in [-0.2, -0.15) is 9.40 Å². The van der Waals surface area contributed by atoms with Crippen molar-refractivity contribution in [2.75, 3.05) is 12.8 Å². The molecule has 0 amide bonds. The second-order valence-electron chi connectivity index (χ2n) is 4.70. The maximum atomic E-state index is 12.6. The average molecular weight is 314 g/mol. The molecular formula is C12H18N4O2S2. The first-order valence-corrected chi connectivity index (χ1v) is 8.32. The lowest BCUT2D eigenvalue weighted by molar-refractivity contribution is 0.403. The zero-order valence-electron chi connectivity index (χ0n) is 11.9. The van der Waals surface area contributed by atoms with Crippen LogP contribution >= 0.6 is 11.3 Å². The van der Waals surface area contributed by atoms with E-state index in [4.69, 9.17) is 5.73 Å². The SMILES string of the molecule is Cc1ccc(C(C)N(C)S(=O)(=O)c2cn(C)nc2N)s1. The molecule has 0 spiro atoms. The summed E-state index contributed by atoms with van der Waals surface area (Å²) in [5, 5.41) is 3.89. The van der Waals surface area contributed by atoms with Gasteiger partial charge in [0.1, 0.15) is 4.90 Å². The van der Waals surface area contributed by atoms with Crippen molar-refractivity contribution in [3.05, 3.63) is 28.1 Å². The highest BCUT2D eigenvalue weighted by Gasteiger charge is 2.30. The van der Waals surface area contributed by atoms with Crippen molar-refractivity contribution in [2.45, 2.75) is 24.8 Å². The van der Waals surface area contributed by atoms with Crippen LogP contribution < -0.4 is 5.73 Å². The summed E-state index contributed by atoms with van der Waals surface area (Å²) in [4.78, 5) is 2.19. The van der Waals surface area contributed by atoms with Crippen LogP contribution in [0, 0.1) is 6.92 Å². The summed E-state index contributed by atoms with van der Waals surface area (Å²) >= 11 is 1.59. The third kappa shape index (κ3) is 2.58. The first-order chi connectivity index (χ1) is 9.23. The third-order valence-corrected chi connectivity index (χ3v) is 6.31. The first kappa shape index (κ1) is 15.0. The number of aromatic nitrogens is 2. The molecule has 0 saturated heterocycles. The van der Waals surface area contributed by atoms with E-state index in [1.54, 1.807) is 25.4 Å². The van der Waals surface area contributed by atoms with Crippen molar-refractivity contribution < 1.29 is 8.42 Å². The van der Waals surface area contributed by atoms with Crippen LogP contribution in [-0.4, -0.2) is 29.6 Å². The van der Waals surface area contributed by atoms with Crippen molar-refractivity contribution in [3.63, 3.8) is 0 Å². The van der Waals surface area contributed by atoms with Crippen LogP contribution in [0.4, 0.5) is 5.82 Å². The monoisotopic (exact) mass is 314 g/mol. The number of hydrogen-bond donors (Lipinski definition) is 1. The Morgan fingerprint density at radius 3 is 2.55 bits per heavy atom. The molecule has 0 aliphatic rings. The third-order valence-electron chi connectivity index (χ3n) is 3.20. The fourth-order valence-corrected chi connectivity index (χ4v) is 4.37. The average Bonchev–Trinajstić information content (AvgIpc) is 2.93. The number of anilines is 1. The van der Waals surface area contributed by atoms with Crippen molar-refractivity contribution in [1.82, 2.24) is 14.1 Å². The fraction of sp³-hybridized carbons (Fsp3) is 0.417. The summed E-state index contributed by atoms with van der Waals surface area (Å²) in [6.45, 7) is 3.85. The van der Waals surface area contributed by atoms with Gasteiger partial charge in [0, 0.05) is 30.0 Å². The molecule has 2 rings (SSSR count). The Kier molecular flexibility index (Phi) is 3.90.